The van der Waals surface area contributed by atoms with Gasteiger partial charge >= 0.3 is 0 Å². The van der Waals surface area contributed by atoms with Crippen molar-refractivity contribution >= 4 is 27.5 Å². The van der Waals surface area contributed by atoms with Gasteiger partial charge in [0.15, 0.2) is 0 Å². The topological polar surface area (TPSA) is 87.3 Å². The molecular weight excluding hydrogens is 548 g/mol. The summed E-state index contributed by atoms with van der Waals surface area (Å²) in [6.45, 7) is 24.7. The van der Waals surface area contributed by atoms with Gasteiger partial charge in [0.05, 0.1) is 52.9 Å². The summed E-state index contributed by atoms with van der Waals surface area (Å²) in [6, 6.07) is 0.483. The second-order valence-corrected chi connectivity index (χ2v) is 15.2. The van der Waals surface area contributed by atoms with Crippen molar-refractivity contribution in [3.05, 3.63) is 12.2 Å². The van der Waals surface area contributed by atoms with Crippen LogP contribution in [0.4, 0.5) is 0 Å². The number of carbonyl (C=O) groups excluding carboxylic acids is 1. The summed E-state index contributed by atoms with van der Waals surface area (Å²) in [5.41, 5.74) is 0. The number of amides is 1. The second kappa shape index (κ2) is 25.2. The first-order chi connectivity index (χ1) is 18.9. The van der Waals surface area contributed by atoms with Crippen LogP contribution in [0.2, 0.25) is 0 Å². The van der Waals surface area contributed by atoms with Crippen molar-refractivity contribution < 1.29 is 28.5 Å². The van der Waals surface area contributed by atoms with Crippen molar-refractivity contribution in [2.75, 3.05) is 79.2 Å². The molecule has 0 rings (SSSR count). The normalized spacial score (nSPS) is 13.9. The van der Waals surface area contributed by atoms with Crippen LogP contribution in [0.1, 0.15) is 74.7 Å². The van der Waals surface area contributed by atoms with Gasteiger partial charge in [0.2, 0.25) is 5.91 Å². The van der Waals surface area contributed by atoms with Gasteiger partial charge in [0.25, 0.3) is 0 Å². The van der Waals surface area contributed by atoms with E-state index in [4.69, 9.17) is 23.7 Å². The molecule has 0 saturated heterocycles. The van der Waals surface area contributed by atoms with Crippen LogP contribution in [-0.4, -0.2) is 101 Å². The van der Waals surface area contributed by atoms with Crippen molar-refractivity contribution in [3.63, 3.8) is 0 Å². The molecule has 0 saturated carbocycles. The molecule has 0 fully saturated rings. The van der Waals surface area contributed by atoms with E-state index in [-0.39, 0.29) is 15.4 Å². The first kappa shape index (κ1) is 39.7. The summed E-state index contributed by atoms with van der Waals surface area (Å²) in [4.78, 5) is 11.7. The van der Waals surface area contributed by atoms with Crippen LogP contribution in [0.5, 0.6) is 0 Å². The summed E-state index contributed by atoms with van der Waals surface area (Å²) in [5, 5.41) is 6.19. The maximum Gasteiger partial charge on any atom is 0.222 e. The Morgan fingerprint density at radius 2 is 1.23 bits per heavy atom. The summed E-state index contributed by atoms with van der Waals surface area (Å²) < 4.78 is 28.7. The minimum atomic E-state index is -0.000319. The van der Waals surface area contributed by atoms with E-state index in [1.165, 1.54) is 0 Å². The van der Waals surface area contributed by atoms with E-state index in [9.17, 15) is 4.79 Å². The van der Waals surface area contributed by atoms with Crippen LogP contribution in [0, 0.1) is 5.92 Å². The fraction of sp³-hybridized carbons (Fsp3) is 0.900. The van der Waals surface area contributed by atoms with E-state index in [0.29, 0.717) is 91.0 Å². The Hall–Kier alpha value is -0.330. The molecule has 10 heteroatoms. The van der Waals surface area contributed by atoms with Gasteiger partial charge in [-0.3, -0.25) is 4.79 Å². The van der Waals surface area contributed by atoms with E-state index >= 15 is 0 Å². The largest absolute Gasteiger partial charge is 0.379 e. The highest BCUT2D eigenvalue weighted by atomic mass is 33.1. The average molecular weight is 609 g/mol. The van der Waals surface area contributed by atoms with Crippen molar-refractivity contribution in [1.29, 1.82) is 0 Å². The number of hydrogen-bond acceptors (Lipinski definition) is 9. The highest BCUT2D eigenvalue weighted by Crippen LogP contribution is 2.46. The maximum absolute atomic E-state index is 11.7. The first-order valence-corrected chi connectivity index (χ1v) is 17.0. The summed E-state index contributed by atoms with van der Waals surface area (Å²) >= 11 is 0. The highest BCUT2D eigenvalue weighted by molar-refractivity contribution is 8.77. The molecule has 0 radical (unpaired) electrons. The molecule has 8 nitrogen and oxygen atoms in total. The van der Waals surface area contributed by atoms with Crippen LogP contribution in [0.25, 0.3) is 0 Å². The number of rotatable bonds is 27. The molecule has 0 heterocycles. The van der Waals surface area contributed by atoms with Gasteiger partial charge in [-0.15, -0.1) is 0 Å². The van der Waals surface area contributed by atoms with E-state index in [0.717, 1.165) is 19.4 Å². The summed E-state index contributed by atoms with van der Waals surface area (Å²) in [6.07, 6.45) is 6.31. The maximum atomic E-state index is 11.7. The number of allylic oxidation sites excluding steroid dienone is 1. The number of ether oxygens (including phenoxy) is 5. The lowest BCUT2D eigenvalue weighted by molar-refractivity contribution is -0.122. The quantitative estimate of drug-likeness (QED) is 0.0713. The Kier molecular flexibility index (Phi) is 25.0. The fourth-order valence-electron chi connectivity index (χ4n) is 3.06. The Morgan fingerprint density at radius 3 is 1.73 bits per heavy atom. The Morgan fingerprint density at radius 1 is 0.725 bits per heavy atom. The fourth-order valence-corrected chi connectivity index (χ4v) is 5.70. The zero-order valence-corrected chi connectivity index (χ0v) is 28.3. The SMILES string of the molecule is CC(C)/C=C/CNC(=O)CCOCCOCCOCC[C@@](C)(CCOCCOCCNC(C)C)SSC(C)(C)C. The summed E-state index contributed by atoms with van der Waals surface area (Å²) in [7, 11) is 3.85. The smallest absolute Gasteiger partial charge is 0.222 e. The van der Waals surface area contributed by atoms with Crippen molar-refractivity contribution in [1.82, 2.24) is 10.6 Å². The standard InChI is InChI=1S/C30H60N2O6S2/c1-26(2)10-9-14-32-28(33)11-16-34-20-24-38-25-22-36-18-13-30(8,40-39-29(5,6)7)12-17-35-21-23-37-19-15-31-27(3)4/h9-10,26-27,31H,11-25H2,1-8H3,(H,32,33)/b10-9+/t30-/m1/s1. The molecule has 40 heavy (non-hydrogen) atoms. The van der Waals surface area contributed by atoms with Gasteiger partial charge in [0.1, 0.15) is 0 Å². The van der Waals surface area contributed by atoms with Gasteiger partial charge in [0, 0.05) is 48.3 Å². The van der Waals surface area contributed by atoms with E-state index in [1.54, 1.807) is 0 Å². The molecule has 1 atom stereocenters. The van der Waals surface area contributed by atoms with Crippen molar-refractivity contribution in [3.8, 4) is 0 Å². The Bertz CT molecular complexity index is 632. The van der Waals surface area contributed by atoms with Gasteiger partial charge in [-0.1, -0.05) is 82.2 Å². The molecule has 0 aromatic carbocycles. The molecule has 0 aliphatic heterocycles. The highest BCUT2D eigenvalue weighted by Gasteiger charge is 2.28. The molecule has 0 aromatic rings. The molecule has 0 aliphatic rings. The molecule has 1 amide bonds. The Balaban J connectivity index is 3.92. The molecular formula is C30H60N2O6S2. The zero-order chi connectivity index (χ0) is 30.1. The minimum Gasteiger partial charge on any atom is -0.379 e. The van der Waals surface area contributed by atoms with Crippen molar-refractivity contribution in [2.24, 2.45) is 5.92 Å². The third-order valence-corrected chi connectivity index (χ3v) is 9.72. The van der Waals surface area contributed by atoms with Gasteiger partial charge in [-0.05, 0) is 25.7 Å². The van der Waals surface area contributed by atoms with Crippen molar-refractivity contribution in [2.45, 2.75) is 90.2 Å². The second-order valence-electron chi connectivity index (χ2n) is 11.6. The van der Waals surface area contributed by atoms with Crippen LogP contribution in [0.3, 0.4) is 0 Å². The van der Waals surface area contributed by atoms with E-state index in [1.807, 2.05) is 27.7 Å². The third kappa shape index (κ3) is 29.2. The molecule has 0 aromatic heterocycles. The van der Waals surface area contributed by atoms with E-state index in [2.05, 4.69) is 72.1 Å². The van der Waals surface area contributed by atoms with E-state index < -0.39 is 0 Å². The van der Waals surface area contributed by atoms with Crippen LogP contribution < -0.4 is 10.6 Å². The average Bonchev–Trinajstić information content (AvgIpc) is 2.87. The molecule has 238 valence electrons. The first-order valence-electron chi connectivity index (χ1n) is 14.9. The monoisotopic (exact) mass is 608 g/mol. The zero-order valence-electron chi connectivity index (χ0n) is 26.7. The number of nitrogens with one attached hydrogen (secondary N) is 2. The van der Waals surface area contributed by atoms with Gasteiger partial charge in [-0.25, -0.2) is 0 Å². The predicted molar refractivity (Wildman–Crippen MR) is 171 cm³/mol. The molecule has 0 aliphatic carbocycles. The lowest BCUT2D eigenvalue weighted by atomic mass is 10.0. The van der Waals surface area contributed by atoms with Crippen LogP contribution in [-0.2, 0) is 28.5 Å². The molecule has 2 N–H and O–H groups in total. The van der Waals surface area contributed by atoms with Crippen LogP contribution in [0.15, 0.2) is 12.2 Å². The lowest BCUT2D eigenvalue weighted by Crippen LogP contribution is -2.27. The van der Waals surface area contributed by atoms with Gasteiger partial charge < -0.3 is 34.3 Å². The number of hydrogen-bond donors (Lipinski definition) is 2. The molecule has 0 spiro atoms. The molecule has 0 bridgehead atoms. The minimum absolute atomic E-state index is 0.000319. The molecule has 0 unspecified atom stereocenters. The lowest BCUT2D eigenvalue weighted by Gasteiger charge is -2.31. The van der Waals surface area contributed by atoms with Gasteiger partial charge in [-0.2, -0.15) is 0 Å². The summed E-state index contributed by atoms with van der Waals surface area (Å²) in [5.74, 6) is 0.491. The Labute approximate surface area is 253 Å². The van der Waals surface area contributed by atoms with Crippen LogP contribution >= 0.6 is 21.6 Å². The predicted octanol–water partition coefficient (Wildman–Crippen LogP) is 5.50. The third-order valence-electron chi connectivity index (χ3n) is 5.37. The number of carbonyl (C=O) groups is 1.